The van der Waals surface area contributed by atoms with Crippen molar-refractivity contribution in [3.05, 3.63) is 59.0 Å². The van der Waals surface area contributed by atoms with Crippen LogP contribution in [0, 0.1) is 0 Å². The highest BCUT2D eigenvalue weighted by Gasteiger charge is 2.12. The molecular formula is C16H16N4O3. The van der Waals surface area contributed by atoms with Crippen molar-refractivity contribution in [3.63, 3.8) is 0 Å². The van der Waals surface area contributed by atoms with Gasteiger partial charge in [-0.1, -0.05) is 18.2 Å². The van der Waals surface area contributed by atoms with Crippen LogP contribution in [0.5, 0.6) is 0 Å². The Kier molecular flexibility index (Phi) is 4.09. The highest BCUT2D eigenvalue weighted by molar-refractivity contribution is 5.69. The highest BCUT2D eigenvalue weighted by Crippen LogP contribution is 2.19. The predicted octanol–water partition coefficient (Wildman–Crippen LogP) is 1.59. The van der Waals surface area contributed by atoms with Gasteiger partial charge in [0, 0.05) is 6.07 Å². The lowest BCUT2D eigenvalue weighted by Crippen LogP contribution is -2.18. The molecule has 0 aliphatic heterocycles. The van der Waals surface area contributed by atoms with E-state index in [1.807, 2.05) is 36.4 Å². The van der Waals surface area contributed by atoms with Crippen molar-refractivity contribution in [1.82, 2.24) is 19.6 Å². The summed E-state index contributed by atoms with van der Waals surface area (Å²) in [6.07, 6.45) is 1.81. The molecule has 0 radical (unpaired) electrons. The zero-order valence-electron chi connectivity index (χ0n) is 12.6. The van der Waals surface area contributed by atoms with Crippen molar-refractivity contribution in [2.24, 2.45) is 0 Å². The number of carbonyl (C=O) groups is 1. The van der Waals surface area contributed by atoms with Crippen LogP contribution in [-0.2, 0) is 16.1 Å². The third kappa shape index (κ3) is 3.08. The highest BCUT2D eigenvalue weighted by atomic mass is 16.5. The second kappa shape index (κ2) is 6.35. The molecular weight excluding hydrogens is 296 g/mol. The van der Waals surface area contributed by atoms with Crippen molar-refractivity contribution in [1.29, 1.82) is 0 Å². The predicted molar refractivity (Wildman–Crippen MR) is 84.2 cm³/mol. The molecule has 0 atom stereocenters. The molecule has 3 rings (SSSR count). The van der Waals surface area contributed by atoms with E-state index < -0.39 is 0 Å². The van der Waals surface area contributed by atoms with Gasteiger partial charge in [0.25, 0.3) is 5.56 Å². The smallest absolute Gasteiger partial charge is 0.307 e. The maximum atomic E-state index is 12.0. The van der Waals surface area contributed by atoms with Crippen molar-refractivity contribution in [2.75, 3.05) is 7.11 Å². The first-order valence-corrected chi connectivity index (χ1v) is 7.15. The molecule has 0 unspecified atom stereocenters. The van der Waals surface area contributed by atoms with Crippen molar-refractivity contribution in [2.45, 2.75) is 13.0 Å². The maximum Gasteiger partial charge on any atom is 0.307 e. The molecule has 23 heavy (non-hydrogen) atoms. The normalized spacial score (nSPS) is 10.7. The fourth-order valence-corrected chi connectivity index (χ4v) is 2.32. The van der Waals surface area contributed by atoms with Crippen LogP contribution in [0.4, 0.5) is 0 Å². The summed E-state index contributed by atoms with van der Waals surface area (Å²) in [5, 5.41) is 7.31. The van der Waals surface area contributed by atoms with Gasteiger partial charge in [0.15, 0.2) is 0 Å². The molecule has 0 saturated heterocycles. The monoisotopic (exact) mass is 312 g/mol. The Balaban J connectivity index is 1.91. The van der Waals surface area contributed by atoms with Crippen LogP contribution < -0.4 is 5.56 Å². The van der Waals surface area contributed by atoms with Gasteiger partial charge in [-0.2, -0.15) is 5.10 Å². The minimum atomic E-state index is -0.359. The molecule has 0 spiro atoms. The molecule has 0 aliphatic rings. The van der Waals surface area contributed by atoms with E-state index in [-0.39, 0.29) is 24.5 Å². The number of ether oxygens (including phenoxy) is 1. The first-order chi connectivity index (χ1) is 11.2. The number of methoxy groups -OCH3 is 1. The number of hydrogen-bond acceptors (Lipinski definition) is 4. The van der Waals surface area contributed by atoms with Crippen molar-refractivity contribution >= 4 is 5.97 Å². The second-order valence-corrected chi connectivity index (χ2v) is 4.95. The van der Waals surface area contributed by atoms with Crippen LogP contribution in [0.15, 0.2) is 53.5 Å². The maximum absolute atomic E-state index is 12.0. The number of para-hydroxylation sites is 1. The summed E-state index contributed by atoms with van der Waals surface area (Å²) in [5.41, 5.74) is 2.10. The molecule has 2 heterocycles. The van der Waals surface area contributed by atoms with E-state index in [0.717, 1.165) is 11.4 Å². The van der Waals surface area contributed by atoms with Gasteiger partial charge in [-0.25, -0.2) is 4.68 Å². The number of aromatic amines is 1. The summed E-state index contributed by atoms with van der Waals surface area (Å²) < 4.78 is 7.71. The van der Waals surface area contributed by atoms with E-state index >= 15 is 0 Å². The van der Waals surface area contributed by atoms with E-state index in [1.54, 1.807) is 10.9 Å². The minimum Gasteiger partial charge on any atom is -0.469 e. The number of aromatic nitrogens is 4. The van der Waals surface area contributed by atoms with Crippen LogP contribution in [0.25, 0.3) is 17.1 Å². The van der Waals surface area contributed by atoms with Gasteiger partial charge in [-0.05, 0) is 18.2 Å². The Morgan fingerprint density at radius 1 is 1.26 bits per heavy atom. The molecule has 3 aromatic rings. The third-order valence-corrected chi connectivity index (χ3v) is 3.48. The van der Waals surface area contributed by atoms with Gasteiger partial charge in [-0.15, -0.1) is 0 Å². The van der Waals surface area contributed by atoms with Gasteiger partial charge in [0.1, 0.15) is 0 Å². The summed E-state index contributed by atoms with van der Waals surface area (Å²) in [5.74, 6) is -0.359. The van der Waals surface area contributed by atoms with E-state index in [1.165, 1.54) is 17.9 Å². The molecule has 7 heteroatoms. The number of hydrogen-bond donors (Lipinski definition) is 1. The number of aryl methyl sites for hydroxylation is 1. The molecule has 1 N–H and O–H groups in total. The number of carbonyl (C=O) groups excluding carboxylic acids is 1. The summed E-state index contributed by atoms with van der Waals surface area (Å²) in [7, 11) is 1.32. The Morgan fingerprint density at radius 2 is 2.04 bits per heavy atom. The van der Waals surface area contributed by atoms with Crippen LogP contribution in [0.2, 0.25) is 0 Å². The van der Waals surface area contributed by atoms with Crippen molar-refractivity contribution in [3.8, 4) is 17.1 Å². The molecule has 0 aliphatic carbocycles. The number of H-pyrrole nitrogens is 1. The Bertz CT molecular complexity index is 861. The first kappa shape index (κ1) is 14.8. The largest absolute Gasteiger partial charge is 0.469 e. The standard InChI is InChI=1S/C16H16N4O3/c1-23-16(22)8-10-19-15(21)11-13(18-19)14-7-9-17-20(14)12-5-3-2-4-6-12/h2-7,9,11,18H,8,10H2,1H3. The summed E-state index contributed by atoms with van der Waals surface area (Å²) in [6, 6.07) is 13.0. The first-order valence-electron chi connectivity index (χ1n) is 7.15. The average Bonchev–Trinajstić information content (AvgIpc) is 3.20. The van der Waals surface area contributed by atoms with Crippen LogP contribution in [0.1, 0.15) is 6.42 Å². The second-order valence-electron chi connectivity index (χ2n) is 4.95. The summed E-state index contributed by atoms with van der Waals surface area (Å²) in [4.78, 5) is 23.2. The number of nitrogens with zero attached hydrogens (tertiary/aromatic N) is 3. The third-order valence-electron chi connectivity index (χ3n) is 3.48. The summed E-state index contributed by atoms with van der Waals surface area (Å²) >= 11 is 0. The lowest BCUT2D eigenvalue weighted by molar-refractivity contribution is -0.140. The number of rotatable bonds is 5. The molecule has 118 valence electrons. The molecule has 0 amide bonds. The Hall–Kier alpha value is -3.09. The lowest BCUT2D eigenvalue weighted by Gasteiger charge is -2.06. The van der Waals surface area contributed by atoms with Crippen LogP contribution >= 0.6 is 0 Å². The molecule has 7 nitrogen and oxygen atoms in total. The topological polar surface area (TPSA) is 81.9 Å². The van der Waals surface area contributed by atoms with E-state index in [9.17, 15) is 9.59 Å². The van der Waals surface area contributed by atoms with Gasteiger partial charge in [0.2, 0.25) is 0 Å². The number of benzene rings is 1. The SMILES string of the molecule is COC(=O)CCn1[nH]c(-c2ccnn2-c2ccccc2)cc1=O. The molecule has 0 saturated carbocycles. The van der Waals surface area contributed by atoms with Crippen molar-refractivity contribution < 1.29 is 9.53 Å². The lowest BCUT2D eigenvalue weighted by atomic mass is 10.3. The molecule has 1 aromatic carbocycles. The van der Waals surface area contributed by atoms with Crippen LogP contribution in [0.3, 0.4) is 0 Å². The number of nitrogens with one attached hydrogen (secondary N) is 1. The quantitative estimate of drug-likeness (QED) is 0.725. The zero-order valence-corrected chi connectivity index (χ0v) is 12.6. The number of esters is 1. The zero-order chi connectivity index (χ0) is 16.2. The Morgan fingerprint density at radius 3 is 2.78 bits per heavy atom. The molecule has 0 bridgehead atoms. The molecule has 0 fully saturated rings. The average molecular weight is 312 g/mol. The fourth-order valence-electron chi connectivity index (χ4n) is 2.32. The Labute approximate surface area is 132 Å². The van der Waals surface area contributed by atoms with E-state index in [4.69, 9.17) is 0 Å². The summed E-state index contributed by atoms with van der Waals surface area (Å²) in [6.45, 7) is 0.241. The van der Waals surface area contributed by atoms with E-state index in [2.05, 4.69) is 14.9 Å². The van der Waals surface area contributed by atoms with Gasteiger partial charge >= 0.3 is 5.97 Å². The van der Waals surface area contributed by atoms with Gasteiger partial charge in [0.05, 0.1) is 43.3 Å². The fraction of sp³-hybridized carbons (Fsp3) is 0.188. The van der Waals surface area contributed by atoms with Gasteiger partial charge < -0.3 is 4.74 Å². The van der Waals surface area contributed by atoms with Crippen LogP contribution in [-0.4, -0.2) is 32.6 Å². The van der Waals surface area contributed by atoms with E-state index in [0.29, 0.717) is 5.69 Å². The minimum absolute atomic E-state index is 0.133. The molecule has 2 aromatic heterocycles. The van der Waals surface area contributed by atoms with Gasteiger partial charge in [-0.3, -0.25) is 19.4 Å².